The number of carboxylic acid groups (broad SMARTS) is 1. The van der Waals surface area contributed by atoms with Crippen molar-refractivity contribution in [3.05, 3.63) is 53.2 Å². The Morgan fingerprint density at radius 3 is 2.61 bits per heavy atom. The summed E-state index contributed by atoms with van der Waals surface area (Å²) in [6.45, 7) is 3.63. The number of aromatic carboxylic acids is 1. The highest BCUT2D eigenvalue weighted by molar-refractivity contribution is 6.34. The smallest absolute Gasteiger partial charge is 0.337 e. The van der Waals surface area contributed by atoms with Crippen LogP contribution >= 0.6 is 11.6 Å². The van der Waals surface area contributed by atoms with Crippen molar-refractivity contribution >= 4 is 34.4 Å². The Bertz CT molecular complexity index is 1050. The van der Waals surface area contributed by atoms with Gasteiger partial charge in [-0.25, -0.2) is 4.79 Å². The average Bonchev–Trinajstić information content (AvgIpc) is 3.03. The number of nitrogens with zero attached hydrogens (tertiary/aromatic N) is 1. The monoisotopic (exact) mass is 398 g/mol. The average molecular weight is 399 g/mol. The van der Waals surface area contributed by atoms with Crippen LogP contribution in [-0.4, -0.2) is 46.6 Å². The molecule has 0 bridgehead atoms. The highest BCUT2D eigenvalue weighted by Gasteiger charge is 2.28. The second-order valence-corrected chi connectivity index (χ2v) is 7.42. The zero-order valence-corrected chi connectivity index (χ0v) is 16.0. The molecular formula is C21H19ClN2O4. The fourth-order valence-corrected chi connectivity index (χ4v) is 3.69. The third-order valence-corrected chi connectivity index (χ3v) is 5.37. The fourth-order valence-electron chi connectivity index (χ4n) is 3.42. The second kappa shape index (κ2) is 7.20. The molecule has 1 aromatic heterocycles. The van der Waals surface area contributed by atoms with Crippen molar-refractivity contribution in [2.24, 2.45) is 5.92 Å². The lowest BCUT2D eigenvalue weighted by molar-refractivity contribution is -0.135. The Morgan fingerprint density at radius 2 is 1.96 bits per heavy atom. The minimum Gasteiger partial charge on any atom is -0.493 e. The van der Waals surface area contributed by atoms with E-state index in [4.69, 9.17) is 16.3 Å². The van der Waals surface area contributed by atoms with Crippen LogP contribution < -0.4 is 4.74 Å². The summed E-state index contributed by atoms with van der Waals surface area (Å²) in [5.74, 6) is 0.226. The van der Waals surface area contributed by atoms with Crippen molar-refractivity contribution in [2.75, 3.05) is 19.7 Å². The van der Waals surface area contributed by atoms with Gasteiger partial charge in [-0.3, -0.25) is 4.79 Å². The number of aromatic nitrogens is 1. The first-order valence-corrected chi connectivity index (χ1v) is 9.33. The minimum atomic E-state index is -0.984. The summed E-state index contributed by atoms with van der Waals surface area (Å²) in [6, 6.07) is 11.1. The van der Waals surface area contributed by atoms with Gasteiger partial charge in [0.05, 0.1) is 17.2 Å². The SMILES string of the molecule is CC(=O)N1CC(COc2ccc(-c3cc4c(C(=O)O)c[nH]c4cc3Cl)cc2)C1. The van der Waals surface area contributed by atoms with Crippen molar-refractivity contribution in [1.29, 1.82) is 0 Å². The van der Waals surface area contributed by atoms with Crippen molar-refractivity contribution < 1.29 is 19.4 Å². The zero-order valence-electron chi connectivity index (χ0n) is 15.2. The molecule has 4 rings (SSSR count). The standard InChI is InChI=1S/C21H19ClN2O4/c1-12(25)24-9-13(10-24)11-28-15-4-2-14(3-5-15)16-6-17-18(21(26)27)8-23-20(17)7-19(16)22/h2-8,13,23H,9-11H2,1H3,(H,26,27). The molecule has 1 aliphatic heterocycles. The van der Waals surface area contributed by atoms with Gasteiger partial charge in [0.15, 0.2) is 0 Å². The van der Waals surface area contributed by atoms with Gasteiger partial charge in [0.25, 0.3) is 0 Å². The number of hydrogen-bond donors (Lipinski definition) is 2. The number of hydrogen-bond acceptors (Lipinski definition) is 3. The number of fused-ring (bicyclic) bond motifs is 1. The molecule has 0 unspecified atom stereocenters. The van der Waals surface area contributed by atoms with Gasteiger partial charge in [0.2, 0.25) is 5.91 Å². The van der Waals surface area contributed by atoms with Crippen LogP contribution in [0.4, 0.5) is 0 Å². The first-order chi connectivity index (χ1) is 13.4. The summed E-state index contributed by atoms with van der Waals surface area (Å²) in [7, 11) is 0. The Balaban J connectivity index is 1.49. The third-order valence-electron chi connectivity index (χ3n) is 5.05. The van der Waals surface area contributed by atoms with E-state index in [1.54, 1.807) is 24.0 Å². The van der Waals surface area contributed by atoms with Gasteiger partial charge in [0, 0.05) is 48.6 Å². The number of carbonyl (C=O) groups excluding carboxylic acids is 1. The highest BCUT2D eigenvalue weighted by atomic mass is 35.5. The molecular weight excluding hydrogens is 380 g/mol. The molecule has 2 heterocycles. The van der Waals surface area contributed by atoms with Crippen molar-refractivity contribution in [3.8, 4) is 16.9 Å². The number of carbonyl (C=O) groups is 2. The molecule has 1 aliphatic rings. The van der Waals surface area contributed by atoms with Gasteiger partial charge < -0.3 is 19.7 Å². The van der Waals surface area contributed by atoms with Crippen LogP contribution in [0, 0.1) is 5.92 Å². The predicted octanol–water partition coefficient (Wildman–Crippen LogP) is 4.04. The molecule has 1 fully saturated rings. The Hall–Kier alpha value is -2.99. The van der Waals surface area contributed by atoms with E-state index in [2.05, 4.69) is 4.98 Å². The van der Waals surface area contributed by atoms with Crippen LogP contribution in [0.5, 0.6) is 5.75 Å². The summed E-state index contributed by atoms with van der Waals surface area (Å²) < 4.78 is 5.81. The molecule has 28 heavy (non-hydrogen) atoms. The maximum atomic E-state index is 11.4. The number of rotatable bonds is 5. The number of halogens is 1. The van der Waals surface area contributed by atoms with Crippen LogP contribution in [0.2, 0.25) is 5.02 Å². The lowest BCUT2D eigenvalue weighted by Gasteiger charge is -2.38. The molecule has 144 valence electrons. The van der Waals surface area contributed by atoms with Crippen LogP contribution in [0.1, 0.15) is 17.3 Å². The summed E-state index contributed by atoms with van der Waals surface area (Å²) in [5.41, 5.74) is 2.54. The minimum absolute atomic E-state index is 0.0999. The van der Waals surface area contributed by atoms with E-state index in [1.807, 2.05) is 24.3 Å². The predicted molar refractivity (Wildman–Crippen MR) is 107 cm³/mol. The normalized spacial score (nSPS) is 14.1. The molecule has 0 saturated carbocycles. The van der Waals surface area contributed by atoms with Gasteiger partial charge in [-0.05, 0) is 29.8 Å². The van der Waals surface area contributed by atoms with Crippen molar-refractivity contribution in [2.45, 2.75) is 6.92 Å². The second-order valence-electron chi connectivity index (χ2n) is 7.01. The third kappa shape index (κ3) is 3.43. The van der Waals surface area contributed by atoms with Gasteiger partial charge in [-0.15, -0.1) is 0 Å². The van der Waals surface area contributed by atoms with Gasteiger partial charge in [-0.2, -0.15) is 0 Å². The number of ether oxygens (including phenoxy) is 1. The Kier molecular flexibility index (Phi) is 4.73. The van der Waals surface area contributed by atoms with E-state index in [0.29, 0.717) is 28.5 Å². The Labute approximate surface area is 166 Å². The van der Waals surface area contributed by atoms with E-state index in [9.17, 15) is 14.7 Å². The molecule has 3 aromatic rings. The molecule has 1 saturated heterocycles. The van der Waals surface area contributed by atoms with Crippen molar-refractivity contribution in [1.82, 2.24) is 9.88 Å². The number of benzene rings is 2. The molecule has 7 heteroatoms. The molecule has 2 aromatic carbocycles. The summed E-state index contributed by atoms with van der Waals surface area (Å²) in [4.78, 5) is 27.3. The fraction of sp³-hybridized carbons (Fsp3) is 0.238. The molecule has 0 spiro atoms. The summed E-state index contributed by atoms with van der Waals surface area (Å²) in [5, 5.41) is 10.5. The van der Waals surface area contributed by atoms with Crippen LogP contribution in [0.15, 0.2) is 42.6 Å². The summed E-state index contributed by atoms with van der Waals surface area (Å²) >= 11 is 6.40. The quantitative estimate of drug-likeness (QED) is 0.679. The largest absolute Gasteiger partial charge is 0.493 e. The molecule has 6 nitrogen and oxygen atoms in total. The molecule has 0 atom stereocenters. The molecule has 0 aliphatic carbocycles. The van der Waals surface area contributed by atoms with E-state index >= 15 is 0 Å². The highest BCUT2D eigenvalue weighted by Crippen LogP contribution is 2.34. The van der Waals surface area contributed by atoms with Gasteiger partial charge in [-0.1, -0.05) is 23.7 Å². The number of H-pyrrole nitrogens is 1. The van der Waals surface area contributed by atoms with E-state index < -0.39 is 5.97 Å². The number of nitrogens with one attached hydrogen (secondary N) is 1. The van der Waals surface area contributed by atoms with Crippen LogP contribution in [-0.2, 0) is 4.79 Å². The van der Waals surface area contributed by atoms with Crippen LogP contribution in [0.25, 0.3) is 22.0 Å². The van der Waals surface area contributed by atoms with E-state index in [1.165, 1.54) is 6.20 Å². The number of aromatic amines is 1. The number of carboxylic acids is 1. The Morgan fingerprint density at radius 1 is 1.25 bits per heavy atom. The lowest BCUT2D eigenvalue weighted by Crippen LogP contribution is -2.51. The zero-order chi connectivity index (χ0) is 19.8. The topological polar surface area (TPSA) is 82.6 Å². The molecule has 2 N–H and O–H groups in total. The maximum Gasteiger partial charge on any atom is 0.337 e. The van der Waals surface area contributed by atoms with Crippen molar-refractivity contribution in [3.63, 3.8) is 0 Å². The first-order valence-electron chi connectivity index (χ1n) is 8.95. The number of likely N-dealkylation sites (tertiary alicyclic amines) is 1. The molecule has 0 radical (unpaired) electrons. The number of amides is 1. The molecule has 1 amide bonds. The van der Waals surface area contributed by atoms with Crippen LogP contribution in [0.3, 0.4) is 0 Å². The van der Waals surface area contributed by atoms with E-state index in [-0.39, 0.29) is 11.5 Å². The maximum absolute atomic E-state index is 11.4. The van der Waals surface area contributed by atoms with Gasteiger partial charge in [0.1, 0.15) is 5.75 Å². The lowest BCUT2D eigenvalue weighted by atomic mass is 10.0. The van der Waals surface area contributed by atoms with E-state index in [0.717, 1.165) is 30.0 Å². The summed E-state index contributed by atoms with van der Waals surface area (Å²) in [6.07, 6.45) is 1.47. The van der Waals surface area contributed by atoms with Gasteiger partial charge >= 0.3 is 5.97 Å². The first kappa shape index (κ1) is 18.4.